The minimum Gasteiger partial charge on any atom is -0.316 e. The number of halogens is 2. The summed E-state index contributed by atoms with van der Waals surface area (Å²) in [6.45, 7) is 3.77. The molecule has 0 amide bonds. The van der Waals surface area contributed by atoms with Crippen molar-refractivity contribution < 1.29 is 9.85 Å². The first kappa shape index (κ1) is 21.3. The Balaban J connectivity index is 1.91. The Morgan fingerprint density at radius 3 is 2.47 bits per heavy atom. The molecule has 154 valence electrons. The molecule has 0 atom stereocenters. The fraction of sp³-hybridized carbons (Fsp3) is 0.105. The van der Waals surface area contributed by atoms with Gasteiger partial charge in [0.15, 0.2) is 0 Å². The third kappa shape index (κ3) is 4.12. The van der Waals surface area contributed by atoms with Crippen LogP contribution in [-0.4, -0.2) is 20.6 Å². The van der Waals surface area contributed by atoms with Crippen LogP contribution in [0.15, 0.2) is 47.6 Å². The molecule has 0 spiro atoms. The van der Waals surface area contributed by atoms with Gasteiger partial charge in [-0.15, -0.1) is 0 Å². The smallest absolute Gasteiger partial charge is 0.301 e. The van der Waals surface area contributed by atoms with Gasteiger partial charge in [-0.2, -0.15) is 5.10 Å². The Hall–Kier alpha value is -3.43. The molecule has 0 radical (unpaired) electrons. The molecule has 0 fully saturated rings. The first-order valence-corrected chi connectivity index (χ1v) is 9.31. The lowest BCUT2D eigenvalue weighted by molar-refractivity contribution is -0.393. The highest BCUT2D eigenvalue weighted by Gasteiger charge is 2.19. The minimum absolute atomic E-state index is 0.0357. The molecule has 1 heterocycles. The summed E-state index contributed by atoms with van der Waals surface area (Å²) in [5, 5.41) is 27.0. The van der Waals surface area contributed by atoms with Gasteiger partial charge in [-0.25, -0.2) is 0 Å². The molecule has 0 bridgehead atoms. The lowest BCUT2D eigenvalue weighted by atomic mass is 10.2. The number of aromatic nitrogens is 1. The van der Waals surface area contributed by atoms with Crippen molar-refractivity contribution >= 4 is 46.5 Å². The van der Waals surface area contributed by atoms with E-state index >= 15 is 0 Å². The van der Waals surface area contributed by atoms with Crippen LogP contribution in [0.5, 0.6) is 0 Å². The fourth-order valence-electron chi connectivity index (χ4n) is 3.00. The Bertz CT molecular complexity index is 1190. The zero-order valence-corrected chi connectivity index (χ0v) is 17.3. The summed E-state index contributed by atoms with van der Waals surface area (Å²) in [5.74, 6) is 0. The van der Waals surface area contributed by atoms with Gasteiger partial charge >= 0.3 is 5.69 Å². The minimum atomic E-state index is -0.710. The highest BCUT2D eigenvalue weighted by molar-refractivity contribution is 6.43. The van der Waals surface area contributed by atoms with Crippen molar-refractivity contribution in [3.8, 4) is 5.69 Å². The van der Waals surface area contributed by atoms with E-state index in [1.165, 1.54) is 12.3 Å². The average molecular weight is 448 g/mol. The van der Waals surface area contributed by atoms with Crippen LogP contribution in [0.4, 0.5) is 17.1 Å². The van der Waals surface area contributed by atoms with E-state index in [1.807, 2.05) is 30.5 Å². The van der Waals surface area contributed by atoms with Crippen molar-refractivity contribution in [2.24, 2.45) is 5.10 Å². The topological polar surface area (TPSA) is 116 Å². The zero-order chi connectivity index (χ0) is 22.0. The Labute approximate surface area is 180 Å². The van der Waals surface area contributed by atoms with Crippen LogP contribution in [-0.2, 0) is 0 Å². The molecule has 9 nitrogen and oxygen atoms in total. The molecule has 3 aromatic rings. The van der Waals surface area contributed by atoms with E-state index in [1.54, 1.807) is 12.1 Å². The number of hydrogen-bond donors (Lipinski definition) is 1. The molecule has 2 aromatic carbocycles. The van der Waals surface area contributed by atoms with Gasteiger partial charge < -0.3 is 4.57 Å². The molecule has 0 aliphatic rings. The van der Waals surface area contributed by atoms with Crippen molar-refractivity contribution in [3.05, 3.63) is 89.7 Å². The summed E-state index contributed by atoms with van der Waals surface area (Å²) in [6.07, 6.45) is 1.50. The quantitative estimate of drug-likeness (QED) is 0.297. The maximum absolute atomic E-state index is 11.2. The number of benzene rings is 2. The third-order valence-corrected chi connectivity index (χ3v) is 5.23. The van der Waals surface area contributed by atoms with Crippen LogP contribution < -0.4 is 5.43 Å². The molecule has 30 heavy (non-hydrogen) atoms. The van der Waals surface area contributed by atoms with Gasteiger partial charge in [0.2, 0.25) is 0 Å². The number of nitro groups is 2. The number of hydrogen-bond acceptors (Lipinski definition) is 6. The van der Waals surface area contributed by atoms with Crippen LogP contribution >= 0.6 is 23.2 Å². The van der Waals surface area contributed by atoms with Crippen molar-refractivity contribution in [1.29, 1.82) is 0 Å². The number of non-ortho nitro benzene ring substituents is 1. The third-order valence-electron chi connectivity index (χ3n) is 4.42. The van der Waals surface area contributed by atoms with E-state index in [9.17, 15) is 20.2 Å². The summed E-state index contributed by atoms with van der Waals surface area (Å²) in [7, 11) is 0. The van der Waals surface area contributed by atoms with Gasteiger partial charge in [-0.3, -0.25) is 25.7 Å². The Kier molecular flexibility index (Phi) is 6.04. The summed E-state index contributed by atoms with van der Waals surface area (Å²) < 4.78 is 1.92. The second kappa shape index (κ2) is 8.52. The molecule has 11 heteroatoms. The van der Waals surface area contributed by atoms with Crippen LogP contribution in [0.1, 0.15) is 17.0 Å². The van der Waals surface area contributed by atoms with Crippen molar-refractivity contribution in [2.75, 3.05) is 5.43 Å². The first-order chi connectivity index (χ1) is 14.2. The number of nitro benzene ring substituents is 2. The monoisotopic (exact) mass is 447 g/mol. The van der Waals surface area contributed by atoms with Crippen molar-refractivity contribution in [2.45, 2.75) is 13.8 Å². The number of aryl methyl sites for hydroxylation is 1. The number of anilines is 1. The number of rotatable bonds is 6. The van der Waals surface area contributed by atoms with Gasteiger partial charge in [0, 0.05) is 23.0 Å². The number of hydrazone groups is 1. The average Bonchev–Trinajstić information content (AvgIpc) is 2.97. The van der Waals surface area contributed by atoms with E-state index in [0.717, 1.165) is 34.8 Å². The summed E-state index contributed by atoms with van der Waals surface area (Å²) in [5.41, 5.74) is 4.98. The van der Waals surface area contributed by atoms with Crippen molar-refractivity contribution in [3.63, 3.8) is 0 Å². The second-order valence-electron chi connectivity index (χ2n) is 6.32. The van der Waals surface area contributed by atoms with Crippen molar-refractivity contribution in [1.82, 2.24) is 4.57 Å². The molecular formula is C19H15Cl2N5O4. The summed E-state index contributed by atoms with van der Waals surface area (Å²) in [6, 6.07) is 10.5. The largest absolute Gasteiger partial charge is 0.316 e. The van der Waals surface area contributed by atoms with E-state index < -0.39 is 15.5 Å². The van der Waals surface area contributed by atoms with E-state index in [-0.39, 0.29) is 11.4 Å². The van der Waals surface area contributed by atoms with E-state index in [0.29, 0.717) is 10.0 Å². The normalized spacial score (nSPS) is 11.1. The van der Waals surface area contributed by atoms with Gasteiger partial charge in [0.05, 0.1) is 37.9 Å². The lowest BCUT2D eigenvalue weighted by Crippen LogP contribution is -2.01. The summed E-state index contributed by atoms with van der Waals surface area (Å²) in [4.78, 5) is 20.6. The highest BCUT2D eigenvalue weighted by Crippen LogP contribution is 2.32. The first-order valence-electron chi connectivity index (χ1n) is 8.56. The van der Waals surface area contributed by atoms with Gasteiger partial charge in [-0.1, -0.05) is 29.3 Å². The van der Waals surface area contributed by atoms with Crippen LogP contribution in [0.3, 0.4) is 0 Å². The van der Waals surface area contributed by atoms with Crippen LogP contribution in [0.2, 0.25) is 10.0 Å². The highest BCUT2D eigenvalue weighted by atomic mass is 35.5. The maximum Gasteiger partial charge on any atom is 0.301 e. The number of nitrogens with zero attached hydrogens (tertiary/aromatic N) is 4. The van der Waals surface area contributed by atoms with Gasteiger partial charge in [0.25, 0.3) is 5.69 Å². The van der Waals surface area contributed by atoms with Crippen LogP contribution in [0, 0.1) is 34.1 Å². The SMILES string of the molecule is Cc1cc(/C=N\Nc2ccc([N+](=O)[O-])cc2[N+](=O)[O-])c(C)n1-c1cccc(Cl)c1Cl. The zero-order valence-electron chi connectivity index (χ0n) is 15.8. The lowest BCUT2D eigenvalue weighted by Gasteiger charge is -2.12. The Morgan fingerprint density at radius 2 is 1.80 bits per heavy atom. The predicted molar refractivity (Wildman–Crippen MR) is 116 cm³/mol. The maximum atomic E-state index is 11.2. The van der Waals surface area contributed by atoms with Gasteiger partial charge in [0.1, 0.15) is 5.69 Å². The molecule has 3 rings (SSSR count). The van der Waals surface area contributed by atoms with Crippen LogP contribution in [0.25, 0.3) is 5.69 Å². The molecular weight excluding hydrogens is 433 g/mol. The predicted octanol–water partition coefficient (Wildman–Crippen LogP) is 5.66. The standard InChI is InChI=1S/C19H15Cl2N5O4/c1-11-8-13(12(2)24(11)17-5-3-4-15(20)19(17)21)10-22-23-16-7-6-14(25(27)28)9-18(16)26(29)30/h3-10,23H,1-2H3/b22-10-. The molecule has 0 aliphatic heterocycles. The molecule has 0 saturated carbocycles. The molecule has 1 aromatic heterocycles. The second-order valence-corrected chi connectivity index (χ2v) is 7.11. The Morgan fingerprint density at radius 1 is 1.07 bits per heavy atom. The number of nitrogens with one attached hydrogen (secondary N) is 1. The van der Waals surface area contributed by atoms with E-state index in [2.05, 4.69) is 10.5 Å². The molecule has 0 unspecified atom stereocenters. The summed E-state index contributed by atoms with van der Waals surface area (Å²) >= 11 is 12.5. The van der Waals surface area contributed by atoms with Gasteiger partial charge in [-0.05, 0) is 38.1 Å². The van der Waals surface area contributed by atoms with E-state index in [4.69, 9.17) is 23.2 Å². The fourth-order valence-corrected chi connectivity index (χ4v) is 3.38. The molecule has 0 saturated heterocycles. The molecule has 0 aliphatic carbocycles. The molecule has 1 N–H and O–H groups in total.